The van der Waals surface area contributed by atoms with Crippen LogP contribution in [0.25, 0.3) is 0 Å². The normalized spacial score (nSPS) is 35.0. The number of rotatable bonds is 3. The van der Waals surface area contributed by atoms with Crippen LogP contribution in [0.1, 0.15) is 37.7 Å². The summed E-state index contributed by atoms with van der Waals surface area (Å²) in [7, 11) is 4.32. The van der Waals surface area contributed by atoms with Crippen molar-refractivity contribution in [3.8, 4) is 0 Å². The number of esters is 1. The number of benzene rings is 1. The topological polar surface area (TPSA) is 29.5 Å². The number of fused-ring (bicyclic) bond motifs is 3. The summed E-state index contributed by atoms with van der Waals surface area (Å²) in [6.45, 7) is 1.53. The van der Waals surface area contributed by atoms with E-state index in [0.717, 1.165) is 6.42 Å². The fourth-order valence-electron chi connectivity index (χ4n) is 4.64. The maximum Gasteiger partial charge on any atom is 0.302 e. The molecule has 3 nitrogen and oxygen atoms in total. The van der Waals surface area contributed by atoms with Gasteiger partial charge in [-0.25, -0.2) is 0 Å². The first-order chi connectivity index (χ1) is 10.1. The van der Waals surface area contributed by atoms with Gasteiger partial charge in [-0.1, -0.05) is 30.3 Å². The van der Waals surface area contributed by atoms with Crippen LogP contribution in [0.4, 0.5) is 0 Å². The van der Waals surface area contributed by atoms with Crippen molar-refractivity contribution in [2.75, 3.05) is 14.1 Å². The molecule has 3 heteroatoms. The van der Waals surface area contributed by atoms with E-state index in [0.29, 0.717) is 23.8 Å². The van der Waals surface area contributed by atoms with E-state index in [1.54, 1.807) is 0 Å². The van der Waals surface area contributed by atoms with Crippen LogP contribution in [-0.2, 0) is 9.53 Å². The van der Waals surface area contributed by atoms with Crippen LogP contribution in [0.2, 0.25) is 0 Å². The van der Waals surface area contributed by atoms with Gasteiger partial charge in [0, 0.05) is 24.8 Å². The Labute approximate surface area is 127 Å². The highest BCUT2D eigenvalue weighted by Gasteiger charge is 2.51. The Bertz CT molecular complexity index is 499. The molecule has 3 saturated carbocycles. The molecular weight excluding hydrogens is 262 g/mol. The lowest BCUT2D eigenvalue weighted by atomic mass is 9.58. The summed E-state index contributed by atoms with van der Waals surface area (Å²) in [5.74, 6) is 1.50. The quantitative estimate of drug-likeness (QED) is 0.800. The highest BCUT2D eigenvalue weighted by Crippen LogP contribution is 2.52. The smallest absolute Gasteiger partial charge is 0.302 e. The second-order valence-corrected chi connectivity index (χ2v) is 6.78. The summed E-state index contributed by atoms with van der Waals surface area (Å²) in [6.07, 6.45) is 3.56. The summed E-state index contributed by atoms with van der Waals surface area (Å²) < 4.78 is 5.62. The molecule has 0 aromatic heterocycles. The van der Waals surface area contributed by atoms with Crippen LogP contribution < -0.4 is 0 Å². The Morgan fingerprint density at radius 2 is 1.90 bits per heavy atom. The minimum absolute atomic E-state index is 0.105. The molecule has 114 valence electrons. The Morgan fingerprint density at radius 1 is 1.19 bits per heavy atom. The Hall–Kier alpha value is -1.35. The van der Waals surface area contributed by atoms with Gasteiger partial charge in [0.2, 0.25) is 0 Å². The van der Waals surface area contributed by atoms with Crippen molar-refractivity contribution in [3.05, 3.63) is 35.9 Å². The first-order valence-corrected chi connectivity index (χ1v) is 7.96. The minimum atomic E-state index is -0.138. The summed E-state index contributed by atoms with van der Waals surface area (Å²) in [4.78, 5) is 13.7. The lowest BCUT2D eigenvalue weighted by Gasteiger charge is -2.54. The standard InChI is InChI=1S/C18H25NO2/c1-12(20)21-16-11-14-9-10-15(16)18(19(2)3)17(14)13-7-5-4-6-8-13/h4-8,14-18H,9-11H2,1-3H3/t14-,15+,16-,17-,18-/m1/s1. The van der Waals surface area contributed by atoms with Gasteiger partial charge in [0.05, 0.1) is 0 Å². The summed E-state index contributed by atoms with van der Waals surface area (Å²) >= 11 is 0. The van der Waals surface area contributed by atoms with Crippen molar-refractivity contribution in [2.45, 2.75) is 44.2 Å². The number of ether oxygens (including phenoxy) is 1. The molecule has 21 heavy (non-hydrogen) atoms. The van der Waals surface area contributed by atoms with Crippen molar-refractivity contribution in [1.29, 1.82) is 0 Å². The average molecular weight is 287 g/mol. The molecule has 0 heterocycles. The predicted octanol–water partition coefficient (Wildman–Crippen LogP) is 3.06. The van der Waals surface area contributed by atoms with Crippen molar-refractivity contribution in [1.82, 2.24) is 4.90 Å². The van der Waals surface area contributed by atoms with Crippen LogP contribution in [0.15, 0.2) is 30.3 Å². The zero-order valence-corrected chi connectivity index (χ0v) is 13.2. The van der Waals surface area contributed by atoms with Crippen LogP contribution >= 0.6 is 0 Å². The van der Waals surface area contributed by atoms with Crippen molar-refractivity contribution >= 4 is 5.97 Å². The number of carbonyl (C=O) groups is 1. The average Bonchev–Trinajstić information content (AvgIpc) is 2.47. The molecular formula is C18H25NO2. The van der Waals surface area contributed by atoms with Gasteiger partial charge in [-0.05, 0) is 44.8 Å². The SMILES string of the molecule is CC(=O)O[C@@H]1C[C@H]2CC[C@@H]1[C@@H](N(C)C)[C@@H]2c1ccccc1. The van der Waals surface area contributed by atoms with Gasteiger partial charge in [-0.3, -0.25) is 4.79 Å². The third kappa shape index (κ3) is 2.71. The maximum absolute atomic E-state index is 11.4. The second kappa shape index (κ2) is 5.80. The van der Waals surface area contributed by atoms with Crippen molar-refractivity contribution in [3.63, 3.8) is 0 Å². The highest BCUT2D eigenvalue weighted by molar-refractivity contribution is 5.66. The van der Waals surface area contributed by atoms with E-state index in [9.17, 15) is 4.79 Å². The van der Waals surface area contributed by atoms with E-state index in [1.807, 2.05) is 0 Å². The molecule has 1 aromatic rings. The molecule has 0 aliphatic heterocycles. The van der Waals surface area contributed by atoms with E-state index in [1.165, 1.54) is 25.3 Å². The number of hydrogen-bond donors (Lipinski definition) is 0. The number of hydrogen-bond acceptors (Lipinski definition) is 3. The van der Waals surface area contributed by atoms with Gasteiger partial charge in [-0.2, -0.15) is 0 Å². The molecule has 0 saturated heterocycles. The molecule has 0 radical (unpaired) electrons. The zero-order chi connectivity index (χ0) is 15.0. The lowest BCUT2D eigenvalue weighted by molar-refractivity contribution is -0.160. The number of carbonyl (C=O) groups excluding carboxylic acids is 1. The molecule has 4 rings (SSSR count). The molecule has 5 atom stereocenters. The lowest BCUT2D eigenvalue weighted by Crippen LogP contribution is -2.56. The Balaban J connectivity index is 1.91. The third-order valence-electron chi connectivity index (χ3n) is 5.30. The van der Waals surface area contributed by atoms with Gasteiger partial charge < -0.3 is 9.64 Å². The summed E-state index contributed by atoms with van der Waals surface area (Å²) in [6, 6.07) is 11.3. The largest absolute Gasteiger partial charge is 0.462 e. The van der Waals surface area contributed by atoms with Crippen molar-refractivity contribution in [2.24, 2.45) is 11.8 Å². The summed E-state index contributed by atoms with van der Waals surface area (Å²) in [5, 5.41) is 0. The van der Waals surface area contributed by atoms with Gasteiger partial charge in [-0.15, -0.1) is 0 Å². The van der Waals surface area contributed by atoms with Crippen molar-refractivity contribution < 1.29 is 9.53 Å². The van der Waals surface area contributed by atoms with Crippen LogP contribution in [0.3, 0.4) is 0 Å². The fourth-order valence-corrected chi connectivity index (χ4v) is 4.64. The molecule has 0 spiro atoms. The predicted molar refractivity (Wildman–Crippen MR) is 83.0 cm³/mol. The first kappa shape index (κ1) is 14.6. The molecule has 3 aliphatic rings. The van der Waals surface area contributed by atoms with Gasteiger partial charge >= 0.3 is 5.97 Å². The van der Waals surface area contributed by atoms with E-state index in [4.69, 9.17) is 4.74 Å². The van der Waals surface area contributed by atoms with Crippen LogP contribution in [0, 0.1) is 11.8 Å². The molecule has 3 aliphatic carbocycles. The molecule has 0 unspecified atom stereocenters. The molecule has 0 N–H and O–H groups in total. The number of likely N-dealkylation sites (N-methyl/N-ethyl adjacent to an activating group) is 1. The second-order valence-electron chi connectivity index (χ2n) is 6.78. The van der Waals surface area contributed by atoms with E-state index in [2.05, 4.69) is 49.3 Å². The monoisotopic (exact) mass is 287 g/mol. The molecule has 2 bridgehead atoms. The number of nitrogens with zero attached hydrogens (tertiary/aromatic N) is 1. The van der Waals surface area contributed by atoms with E-state index < -0.39 is 0 Å². The van der Waals surface area contributed by atoms with Crippen LogP contribution in [-0.4, -0.2) is 37.1 Å². The zero-order valence-electron chi connectivity index (χ0n) is 13.2. The van der Waals surface area contributed by atoms with Crippen LogP contribution in [0.5, 0.6) is 0 Å². The molecule has 3 fully saturated rings. The highest BCUT2D eigenvalue weighted by atomic mass is 16.5. The maximum atomic E-state index is 11.4. The third-order valence-corrected chi connectivity index (χ3v) is 5.30. The summed E-state index contributed by atoms with van der Waals surface area (Å²) in [5.41, 5.74) is 1.44. The Kier molecular flexibility index (Phi) is 4.03. The van der Waals surface area contributed by atoms with Gasteiger partial charge in [0.15, 0.2) is 0 Å². The van der Waals surface area contributed by atoms with Gasteiger partial charge in [0.25, 0.3) is 0 Å². The minimum Gasteiger partial charge on any atom is -0.462 e. The van der Waals surface area contributed by atoms with E-state index in [-0.39, 0.29) is 12.1 Å². The Morgan fingerprint density at radius 3 is 2.52 bits per heavy atom. The van der Waals surface area contributed by atoms with E-state index >= 15 is 0 Å². The molecule has 0 amide bonds. The fraction of sp³-hybridized carbons (Fsp3) is 0.611. The van der Waals surface area contributed by atoms with Gasteiger partial charge in [0.1, 0.15) is 6.10 Å². The molecule has 1 aromatic carbocycles. The first-order valence-electron chi connectivity index (χ1n) is 7.96.